The van der Waals surface area contributed by atoms with E-state index in [-0.39, 0.29) is 12.4 Å². The Labute approximate surface area is 133 Å². The minimum Gasteiger partial charge on any atom is -0.480 e. The molecule has 5 nitrogen and oxygen atoms in total. The van der Waals surface area contributed by atoms with Crippen molar-refractivity contribution < 1.29 is 14.3 Å². The lowest BCUT2D eigenvalue weighted by Gasteiger charge is -2.16. The number of likely N-dealkylation sites (N-methyl/N-ethyl adjacent to an activating group) is 1. The summed E-state index contributed by atoms with van der Waals surface area (Å²) in [5.74, 6) is -1.19. The van der Waals surface area contributed by atoms with Crippen LogP contribution < -0.4 is 4.90 Å². The van der Waals surface area contributed by atoms with Gasteiger partial charge in [-0.1, -0.05) is 0 Å². The maximum Gasteiger partial charge on any atom is 0.323 e. The molecule has 0 radical (unpaired) electrons. The second-order valence-corrected chi connectivity index (χ2v) is 4.53. The first-order chi connectivity index (χ1) is 11.0. The number of nitriles is 2. The normalized spacial score (nSPS) is 8.87. The zero-order chi connectivity index (χ0) is 17.2. The lowest BCUT2D eigenvalue weighted by atomic mass is 10.2. The fourth-order valence-corrected chi connectivity index (χ4v) is 1.61. The van der Waals surface area contributed by atoms with Crippen molar-refractivity contribution in [2.45, 2.75) is 0 Å². The monoisotopic (exact) mass is 311 g/mol. The van der Waals surface area contributed by atoms with E-state index in [1.807, 2.05) is 12.1 Å². The van der Waals surface area contributed by atoms with Gasteiger partial charge < -0.3 is 10.0 Å². The van der Waals surface area contributed by atoms with Gasteiger partial charge >= 0.3 is 5.97 Å². The van der Waals surface area contributed by atoms with Crippen molar-refractivity contribution in [1.82, 2.24) is 0 Å². The van der Waals surface area contributed by atoms with Crippen molar-refractivity contribution in [3.05, 3.63) is 65.5 Å². The van der Waals surface area contributed by atoms with E-state index in [0.29, 0.717) is 11.1 Å². The highest BCUT2D eigenvalue weighted by Crippen LogP contribution is 2.12. The summed E-state index contributed by atoms with van der Waals surface area (Å²) in [6.45, 7) is -0.0497. The molecule has 0 spiro atoms. The third-order valence-electron chi connectivity index (χ3n) is 2.78. The van der Waals surface area contributed by atoms with Gasteiger partial charge in [-0.3, -0.25) is 4.79 Å². The van der Waals surface area contributed by atoms with Crippen molar-refractivity contribution in [3.63, 3.8) is 0 Å². The molecule has 0 aliphatic heterocycles. The summed E-state index contributed by atoms with van der Waals surface area (Å²) in [5.41, 5.74) is 1.83. The van der Waals surface area contributed by atoms with Crippen LogP contribution >= 0.6 is 0 Å². The first-order valence-electron chi connectivity index (χ1n) is 6.55. The largest absolute Gasteiger partial charge is 0.480 e. The van der Waals surface area contributed by atoms with E-state index in [2.05, 4.69) is 0 Å². The van der Waals surface area contributed by atoms with Crippen LogP contribution in [0.25, 0.3) is 0 Å². The number of hydrogen-bond donors (Lipinski definition) is 1. The maximum absolute atomic E-state index is 12.1. The average molecular weight is 311 g/mol. The number of halogens is 1. The van der Waals surface area contributed by atoms with Gasteiger partial charge in [0.25, 0.3) is 0 Å². The van der Waals surface area contributed by atoms with E-state index in [1.165, 1.54) is 24.3 Å². The predicted octanol–water partition coefficient (Wildman–Crippen LogP) is 2.78. The molecule has 2 aromatic rings. The van der Waals surface area contributed by atoms with Gasteiger partial charge in [0.15, 0.2) is 0 Å². The molecule has 0 aliphatic carbocycles. The smallest absolute Gasteiger partial charge is 0.323 e. The molecule has 0 fully saturated rings. The van der Waals surface area contributed by atoms with E-state index >= 15 is 0 Å². The Morgan fingerprint density at radius 2 is 1.48 bits per heavy atom. The highest BCUT2D eigenvalue weighted by atomic mass is 19.1. The summed E-state index contributed by atoms with van der Waals surface area (Å²) >= 11 is 0. The van der Waals surface area contributed by atoms with E-state index in [4.69, 9.17) is 15.6 Å². The van der Waals surface area contributed by atoms with E-state index < -0.39 is 5.97 Å². The van der Waals surface area contributed by atoms with Crippen LogP contribution in [0.3, 0.4) is 0 Å². The number of carboxylic acids is 1. The predicted molar refractivity (Wildman–Crippen MR) is 83.2 cm³/mol. The number of hydrogen-bond acceptors (Lipinski definition) is 4. The van der Waals surface area contributed by atoms with Crippen molar-refractivity contribution in [3.8, 4) is 12.1 Å². The number of carboxylic acid groups (broad SMARTS) is 1. The van der Waals surface area contributed by atoms with Crippen LogP contribution in [0, 0.1) is 28.5 Å². The molecule has 6 heteroatoms. The lowest BCUT2D eigenvalue weighted by molar-refractivity contribution is -0.135. The molecular weight excluding hydrogens is 297 g/mol. The van der Waals surface area contributed by atoms with Crippen LogP contribution in [0.2, 0.25) is 0 Å². The van der Waals surface area contributed by atoms with E-state index in [1.54, 1.807) is 36.2 Å². The van der Waals surface area contributed by atoms with Gasteiger partial charge in [0, 0.05) is 12.7 Å². The molecule has 0 saturated heterocycles. The number of anilines is 1. The molecule has 0 unspecified atom stereocenters. The Kier molecular flexibility index (Phi) is 6.77. The Hall–Kier alpha value is -3.38. The zero-order valence-electron chi connectivity index (χ0n) is 12.4. The average Bonchev–Trinajstić information content (AvgIpc) is 2.55. The summed E-state index contributed by atoms with van der Waals surface area (Å²) in [4.78, 5) is 12.0. The summed E-state index contributed by atoms with van der Waals surface area (Å²) in [7, 11) is 1.69. The van der Waals surface area contributed by atoms with Gasteiger partial charge in [-0.15, -0.1) is 0 Å². The van der Waals surface area contributed by atoms with Crippen LogP contribution in [0.1, 0.15) is 11.1 Å². The molecule has 1 N–H and O–H groups in total. The van der Waals surface area contributed by atoms with Crippen molar-refractivity contribution in [1.29, 1.82) is 10.5 Å². The Balaban J connectivity index is 0.000000253. The standard InChI is InChI=1S/C10H10N2O2.C7H4FN/c1-12(7-10(13)14)9-4-2-8(6-11)3-5-9;8-7-3-1-6(5-9)2-4-7/h2-5H,7H2,1H3,(H,13,14);1-4H. The van der Waals surface area contributed by atoms with Crippen LogP contribution in [0.4, 0.5) is 10.1 Å². The van der Waals surface area contributed by atoms with Crippen LogP contribution in [0.5, 0.6) is 0 Å². The number of rotatable bonds is 3. The van der Waals surface area contributed by atoms with Gasteiger partial charge in [-0.25, -0.2) is 4.39 Å². The fourth-order valence-electron chi connectivity index (χ4n) is 1.61. The maximum atomic E-state index is 12.1. The Morgan fingerprint density at radius 1 is 1.04 bits per heavy atom. The van der Waals surface area contributed by atoms with Gasteiger partial charge in [-0.2, -0.15) is 10.5 Å². The van der Waals surface area contributed by atoms with Crippen molar-refractivity contribution in [2.24, 2.45) is 0 Å². The lowest BCUT2D eigenvalue weighted by Crippen LogP contribution is -2.24. The molecular formula is C17H14FN3O2. The Morgan fingerprint density at radius 3 is 1.87 bits per heavy atom. The quantitative estimate of drug-likeness (QED) is 0.941. The minimum absolute atomic E-state index is 0.0497. The molecule has 0 saturated carbocycles. The first-order valence-corrected chi connectivity index (χ1v) is 6.55. The third kappa shape index (κ3) is 6.28. The highest BCUT2D eigenvalue weighted by molar-refractivity contribution is 5.73. The molecule has 0 aromatic heterocycles. The van der Waals surface area contributed by atoms with Crippen molar-refractivity contribution >= 4 is 11.7 Å². The number of aliphatic carboxylic acids is 1. The molecule has 0 amide bonds. The van der Waals surface area contributed by atoms with Crippen LogP contribution in [-0.2, 0) is 4.79 Å². The van der Waals surface area contributed by atoms with Gasteiger partial charge in [-0.05, 0) is 48.5 Å². The molecule has 0 aliphatic rings. The van der Waals surface area contributed by atoms with Crippen LogP contribution in [0.15, 0.2) is 48.5 Å². The number of carbonyl (C=O) groups is 1. The molecule has 23 heavy (non-hydrogen) atoms. The second kappa shape index (κ2) is 8.81. The molecule has 0 bridgehead atoms. The third-order valence-corrected chi connectivity index (χ3v) is 2.78. The number of nitrogens with zero attached hydrogens (tertiary/aromatic N) is 3. The Bertz CT molecular complexity index is 728. The zero-order valence-corrected chi connectivity index (χ0v) is 12.4. The highest BCUT2D eigenvalue weighted by Gasteiger charge is 2.04. The second-order valence-electron chi connectivity index (χ2n) is 4.53. The molecule has 0 heterocycles. The summed E-state index contributed by atoms with van der Waals surface area (Å²) in [5, 5.41) is 25.4. The molecule has 116 valence electrons. The van der Waals surface area contributed by atoms with E-state index in [9.17, 15) is 9.18 Å². The minimum atomic E-state index is -0.878. The first kappa shape index (κ1) is 17.7. The topological polar surface area (TPSA) is 88.1 Å². The van der Waals surface area contributed by atoms with Gasteiger partial charge in [0.2, 0.25) is 0 Å². The molecule has 2 rings (SSSR count). The molecule has 0 atom stereocenters. The van der Waals surface area contributed by atoms with Gasteiger partial charge in [0.1, 0.15) is 12.4 Å². The summed E-state index contributed by atoms with van der Waals surface area (Å²) in [6, 6.07) is 16.1. The molecule has 2 aromatic carbocycles. The van der Waals surface area contributed by atoms with E-state index in [0.717, 1.165) is 5.69 Å². The number of benzene rings is 2. The van der Waals surface area contributed by atoms with Crippen molar-refractivity contribution in [2.75, 3.05) is 18.5 Å². The van der Waals surface area contributed by atoms with Gasteiger partial charge in [0.05, 0.1) is 23.3 Å². The summed E-state index contributed by atoms with van der Waals surface area (Å²) in [6.07, 6.45) is 0. The fraction of sp³-hybridized carbons (Fsp3) is 0.118. The summed E-state index contributed by atoms with van der Waals surface area (Å²) < 4.78 is 12.1. The van der Waals surface area contributed by atoms with Crippen LogP contribution in [-0.4, -0.2) is 24.7 Å². The SMILES string of the molecule is CN(CC(=O)O)c1ccc(C#N)cc1.N#Cc1ccc(F)cc1.